The Bertz CT molecular complexity index is 1000. The first-order valence-electron chi connectivity index (χ1n) is 8.78. The minimum Gasteiger partial charge on any atom is -0.497 e. The molecule has 0 saturated heterocycles. The van der Waals surface area contributed by atoms with Gasteiger partial charge in [0.05, 0.1) is 18.5 Å². The predicted molar refractivity (Wildman–Crippen MR) is 106 cm³/mol. The van der Waals surface area contributed by atoms with Crippen molar-refractivity contribution in [3.8, 4) is 11.4 Å². The lowest BCUT2D eigenvalue weighted by Gasteiger charge is -2.07. The van der Waals surface area contributed by atoms with Crippen LogP contribution in [0, 0.1) is 6.92 Å². The normalized spacial score (nSPS) is 10.6. The number of amides is 1. The van der Waals surface area contributed by atoms with Gasteiger partial charge in [-0.1, -0.05) is 30.3 Å². The summed E-state index contributed by atoms with van der Waals surface area (Å²) in [6, 6.07) is 17.0. The molecular weight excluding hydrogens is 342 g/mol. The highest BCUT2D eigenvalue weighted by molar-refractivity contribution is 5.91. The number of nitrogens with one attached hydrogen (secondary N) is 1. The third-order valence-corrected chi connectivity index (χ3v) is 4.59. The van der Waals surface area contributed by atoms with E-state index in [1.54, 1.807) is 23.5 Å². The van der Waals surface area contributed by atoms with E-state index in [1.165, 1.54) is 0 Å². The van der Waals surface area contributed by atoms with Crippen LogP contribution in [0.15, 0.2) is 59.4 Å². The molecule has 0 fully saturated rings. The van der Waals surface area contributed by atoms with E-state index in [2.05, 4.69) is 5.32 Å². The van der Waals surface area contributed by atoms with Gasteiger partial charge in [0.15, 0.2) is 0 Å². The topological polar surface area (TPSA) is 65.3 Å². The molecule has 3 rings (SSSR count). The third kappa shape index (κ3) is 3.95. The SMILES string of the molecule is COc1cccc(CCC(=O)Nc2c(C)n(C)n(-c3ccccc3)c2=O)c1. The maximum absolute atomic E-state index is 12.8. The van der Waals surface area contributed by atoms with Crippen LogP contribution in [0.2, 0.25) is 0 Å². The molecule has 0 aliphatic heterocycles. The van der Waals surface area contributed by atoms with Crippen molar-refractivity contribution in [3.05, 3.63) is 76.2 Å². The van der Waals surface area contributed by atoms with Crippen LogP contribution in [0.1, 0.15) is 17.7 Å². The van der Waals surface area contributed by atoms with Crippen molar-refractivity contribution in [3.63, 3.8) is 0 Å². The van der Waals surface area contributed by atoms with Gasteiger partial charge in [0.1, 0.15) is 11.4 Å². The van der Waals surface area contributed by atoms with Gasteiger partial charge in [-0.3, -0.25) is 14.3 Å². The van der Waals surface area contributed by atoms with Crippen LogP contribution >= 0.6 is 0 Å². The average molecular weight is 365 g/mol. The van der Waals surface area contributed by atoms with E-state index < -0.39 is 0 Å². The van der Waals surface area contributed by atoms with Crippen molar-refractivity contribution in [2.24, 2.45) is 7.05 Å². The monoisotopic (exact) mass is 365 g/mol. The largest absolute Gasteiger partial charge is 0.497 e. The summed E-state index contributed by atoms with van der Waals surface area (Å²) in [5.41, 5.74) is 2.55. The lowest BCUT2D eigenvalue weighted by atomic mass is 10.1. The molecule has 0 spiro atoms. The zero-order valence-corrected chi connectivity index (χ0v) is 15.7. The molecule has 0 saturated carbocycles. The maximum Gasteiger partial charge on any atom is 0.295 e. The van der Waals surface area contributed by atoms with Gasteiger partial charge >= 0.3 is 0 Å². The van der Waals surface area contributed by atoms with Crippen molar-refractivity contribution < 1.29 is 9.53 Å². The van der Waals surface area contributed by atoms with Crippen LogP contribution in [0.3, 0.4) is 0 Å². The molecule has 6 heteroatoms. The lowest BCUT2D eigenvalue weighted by molar-refractivity contribution is -0.116. The molecule has 1 aromatic heterocycles. The molecule has 2 aromatic carbocycles. The molecular formula is C21H23N3O3. The third-order valence-electron chi connectivity index (χ3n) is 4.59. The Morgan fingerprint density at radius 3 is 2.56 bits per heavy atom. The highest BCUT2D eigenvalue weighted by Crippen LogP contribution is 2.16. The summed E-state index contributed by atoms with van der Waals surface area (Å²) in [6.45, 7) is 1.82. The minimum absolute atomic E-state index is 0.191. The number of aryl methyl sites for hydroxylation is 1. The molecule has 1 heterocycles. The predicted octanol–water partition coefficient (Wildman–Crippen LogP) is 3.06. The van der Waals surface area contributed by atoms with E-state index in [-0.39, 0.29) is 17.9 Å². The van der Waals surface area contributed by atoms with Gasteiger partial charge in [-0.25, -0.2) is 4.68 Å². The van der Waals surface area contributed by atoms with Gasteiger partial charge in [-0.05, 0) is 43.2 Å². The first kappa shape index (κ1) is 18.5. The highest BCUT2D eigenvalue weighted by Gasteiger charge is 2.17. The van der Waals surface area contributed by atoms with Crippen LogP contribution < -0.4 is 15.6 Å². The Kier molecular flexibility index (Phi) is 5.45. The van der Waals surface area contributed by atoms with Crippen molar-refractivity contribution >= 4 is 11.6 Å². The van der Waals surface area contributed by atoms with Crippen LogP contribution in [-0.4, -0.2) is 22.4 Å². The fourth-order valence-electron chi connectivity index (χ4n) is 3.00. The number of para-hydroxylation sites is 1. The van der Waals surface area contributed by atoms with Crippen LogP contribution in [0.5, 0.6) is 5.75 Å². The second kappa shape index (κ2) is 7.95. The summed E-state index contributed by atoms with van der Waals surface area (Å²) in [4.78, 5) is 25.2. The molecule has 27 heavy (non-hydrogen) atoms. The molecule has 0 bridgehead atoms. The van der Waals surface area contributed by atoms with Gasteiger partial charge in [0.2, 0.25) is 5.91 Å². The Morgan fingerprint density at radius 1 is 1.11 bits per heavy atom. The number of methoxy groups -OCH3 is 1. The number of aromatic nitrogens is 2. The quantitative estimate of drug-likeness (QED) is 0.730. The van der Waals surface area contributed by atoms with E-state index in [0.29, 0.717) is 17.8 Å². The van der Waals surface area contributed by atoms with Gasteiger partial charge in [0.25, 0.3) is 5.56 Å². The van der Waals surface area contributed by atoms with Crippen molar-refractivity contribution in [2.45, 2.75) is 19.8 Å². The number of rotatable bonds is 6. The van der Waals surface area contributed by atoms with E-state index in [9.17, 15) is 9.59 Å². The van der Waals surface area contributed by atoms with Gasteiger partial charge in [-0.15, -0.1) is 0 Å². The number of nitrogens with zero attached hydrogens (tertiary/aromatic N) is 2. The van der Waals surface area contributed by atoms with E-state index >= 15 is 0 Å². The van der Waals surface area contributed by atoms with E-state index in [0.717, 1.165) is 17.0 Å². The number of carbonyl (C=O) groups excluding carboxylic acids is 1. The lowest BCUT2D eigenvalue weighted by Crippen LogP contribution is -2.23. The molecule has 0 aliphatic carbocycles. The van der Waals surface area contributed by atoms with Crippen molar-refractivity contribution in [1.82, 2.24) is 9.36 Å². The second-order valence-electron chi connectivity index (χ2n) is 6.34. The van der Waals surface area contributed by atoms with Gasteiger partial charge in [0, 0.05) is 13.5 Å². The second-order valence-corrected chi connectivity index (χ2v) is 6.34. The van der Waals surface area contributed by atoms with Gasteiger partial charge < -0.3 is 10.1 Å². The zero-order chi connectivity index (χ0) is 19.4. The first-order valence-corrected chi connectivity index (χ1v) is 8.78. The average Bonchev–Trinajstić information content (AvgIpc) is 2.90. The maximum atomic E-state index is 12.8. The number of benzene rings is 2. The molecule has 0 unspecified atom stereocenters. The van der Waals surface area contributed by atoms with Crippen molar-refractivity contribution in [1.29, 1.82) is 0 Å². The smallest absolute Gasteiger partial charge is 0.295 e. The number of ether oxygens (including phenoxy) is 1. The Hall–Kier alpha value is -3.28. The van der Waals surface area contributed by atoms with E-state index in [1.807, 2.05) is 61.5 Å². The first-order chi connectivity index (χ1) is 13.0. The molecule has 1 N–H and O–H groups in total. The summed E-state index contributed by atoms with van der Waals surface area (Å²) in [5.74, 6) is 0.571. The molecule has 140 valence electrons. The van der Waals surface area contributed by atoms with Crippen molar-refractivity contribution in [2.75, 3.05) is 12.4 Å². The molecule has 0 radical (unpaired) electrons. The van der Waals surface area contributed by atoms with Crippen LogP contribution in [0.25, 0.3) is 5.69 Å². The van der Waals surface area contributed by atoms with E-state index in [4.69, 9.17) is 4.74 Å². The summed E-state index contributed by atoms with van der Waals surface area (Å²) in [7, 11) is 3.41. The summed E-state index contributed by atoms with van der Waals surface area (Å²) in [6.07, 6.45) is 0.855. The zero-order valence-electron chi connectivity index (χ0n) is 15.7. The molecule has 0 atom stereocenters. The highest BCUT2D eigenvalue weighted by atomic mass is 16.5. The molecule has 1 amide bonds. The van der Waals surface area contributed by atoms with Crippen LogP contribution in [-0.2, 0) is 18.3 Å². The summed E-state index contributed by atoms with van der Waals surface area (Å²) < 4.78 is 8.49. The molecule has 3 aromatic rings. The Morgan fingerprint density at radius 2 is 1.85 bits per heavy atom. The number of hydrogen-bond donors (Lipinski definition) is 1. The van der Waals surface area contributed by atoms with Crippen LogP contribution in [0.4, 0.5) is 5.69 Å². The van der Waals surface area contributed by atoms with Gasteiger partial charge in [-0.2, -0.15) is 0 Å². The number of hydrogen-bond acceptors (Lipinski definition) is 3. The molecule has 6 nitrogen and oxygen atoms in total. The fraction of sp³-hybridized carbons (Fsp3) is 0.238. The summed E-state index contributed by atoms with van der Waals surface area (Å²) >= 11 is 0. The standard InChI is InChI=1S/C21H23N3O3/c1-15-20(21(26)24(23(15)2)17-9-5-4-6-10-17)22-19(25)13-12-16-8-7-11-18(14-16)27-3/h4-11,14H,12-13H2,1-3H3,(H,22,25). The Labute approximate surface area is 158 Å². The number of carbonyl (C=O) groups is 1. The fourth-order valence-corrected chi connectivity index (χ4v) is 3.00. The number of anilines is 1. The Balaban J connectivity index is 1.75. The summed E-state index contributed by atoms with van der Waals surface area (Å²) in [5, 5.41) is 2.78. The minimum atomic E-state index is -0.240. The molecule has 0 aliphatic rings.